The van der Waals surface area contributed by atoms with Gasteiger partial charge in [0.15, 0.2) is 6.10 Å². The third-order valence-corrected chi connectivity index (χ3v) is 4.82. The molecular formula is C21H18ClN5O3. The Morgan fingerprint density at radius 2 is 2.03 bits per heavy atom. The average molecular weight is 424 g/mol. The maximum Gasteiger partial charge on any atom is 0.343 e. The second kappa shape index (κ2) is 8.46. The van der Waals surface area contributed by atoms with E-state index in [0.717, 1.165) is 5.56 Å². The Balaban J connectivity index is 1.49. The topological polar surface area (TPSA) is 95.9 Å². The molecule has 0 saturated carbocycles. The van der Waals surface area contributed by atoms with E-state index < -0.39 is 12.1 Å². The van der Waals surface area contributed by atoms with E-state index in [2.05, 4.69) is 20.2 Å². The van der Waals surface area contributed by atoms with Crippen LogP contribution >= 0.6 is 11.6 Å². The lowest BCUT2D eigenvalue weighted by molar-refractivity contribution is 0.0264. The van der Waals surface area contributed by atoms with Crippen LogP contribution in [0.25, 0.3) is 11.4 Å². The summed E-state index contributed by atoms with van der Waals surface area (Å²) in [4.78, 5) is 21.1. The molecule has 4 aromatic rings. The first-order valence-corrected chi connectivity index (χ1v) is 9.62. The van der Waals surface area contributed by atoms with E-state index in [-0.39, 0.29) is 16.6 Å². The molecule has 30 heavy (non-hydrogen) atoms. The number of hydrogen-bond donors (Lipinski definition) is 0. The molecule has 152 valence electrons. The summed E-state index contributed by atoms with van der Waals surface area (Å²) >= 11 is 6.43. The van der Waals surface area contributed by atoms with Crippen molar-refractivity contribution >= 4 is 17.6 Å². The highest BCUT2D eigenvalue weighted by Gasteiger charge is 2.26. The highest BCUT2D eigenvalue weighted by Crippen LogP contribution is 2.26. The minimum Gasteiger partial charge on any atom is -0.449 e. The Hall–Kier alpha value is -3.52. The lowest BCUT2D eigenvalue weighted by atomic mass is 10.2. The second-order valence-electron chi connectivity index (χ2n) is 6.64. The first kappa shape index (κ1) is 19.8. The second-order valence-corrected chi connectivity index (χ2v) is 7.00. The van der Waals surface area contributed by atoms with Gasteiger partial charge in [0.1, 0.15) is 10.7 Å². The molecule has 1 aromatic carbocycles. The number of rotatable bonds is 6. The molecule has 4 rings (SSSR count). The van der Waals surface area contributed by atoms with Gasteiger partial charge < -0.3 is 9.26 Å². The standard InChI is InChI=1S/C21H18ClN5O3/c1-13-17(18(22)27(25-13)12-15-7-4-3-5-8-15)21(28)29-14(2)20-24-19(26-30-20)16-9-6-10-23-11-16/h3-11,14H,12H2,1-2H3. The Kier molecular flexibility index (Phi) is 5.58. The number of pyridine rings is 1. The number of benzene rings is 1. The van der Waals surface area contributed by atoms with E-state index in [1.165, 1.54) is 0 Å². The van der Waals surface area contributed by atoms with Gasteiger partial charge in [-0.2, -0.15) is 10.1 Å². The van der Waals surface area contributed by atoms with Crippen LogP contribution in [-0.4, -0.2) is 30.9 Å². The van der Waals surface area contributed by atoms with Crippen LogP contribution in [0.3, 0.4) is 0 Å². The van der Waals surface area contributed by atoms with Crippen LogP contribution in [0.4, 0.5) is 0 Å². The van der Waals surface area contributed by atoms with Crippen molar-refractivity contribution in [3.05, 3.63) is 82.7 Å². The molecular weight excluding hydrogens is 406 g/mol. The Morgan fingerprint density at radius 3 is 2.77 bits per heavy atom. The van der Waals surface area contributed by atoms with E-state index >= 15 is 0 Å². The molecule has 3 aromatic heterocycles. The quantitative estimate of drug-likeness (QED) is 0.427. The lowest BCUT2D eigenvalue weighted by Crippen LogP contribution is -2.11. The fraction of sp³-hybridized carbons (Fsp3) is 0.190. The van der Waals surface area contributed by atoms with Crippen molar-refractivity contribution < 1.29 is 14.1 Å². The number of nitrogens with zero attached hydrogens (tertiary/aromatic N) is 5. The third-order valence-electron chi connectivity index (χ3n) is 4.44. The van der Waals surface area contributed by atoms with Gasteiger partial charge in [-0.05, 0) is 31.5 Å². The van der Waals surface area contributed by atoms with Crippen molar-refractivity contribution in [1.29, 1.82) is 0 Å². The molecule has 9 heteroatoms. The van der Waals surface area contributed by atoms with Crippen molar-refractivity contribution in [2.24, 2.45) is 0 Å². The lowest BCUT2D eigenvalue weighted by Gasteiger charge is -2.09. The van der Waals surface area contributed by atoms with E-state index in [4.69, 9.17) is 20.9 Å². The monoisotopic (exact) mass is 423 g/mol. The Labute approximate surface area is 177 Å². The van der Waals surface area contributed by atoms with Gasteiger partial charge in [-0.3, -0.25) is 4.98 Å². The zero-order valence-electron chi connectivity index (χ0n) is 16.3. The summed E-state index contributed by atoms with van der Waals surface area (Å²) in [6, 6.07) is 13.3. The molecule has 1 unspecified atom stereocenters. The number of esters is 1. The van der Waals surface area contributed by atoms with Crippen LogP contribution < -0.4 is 0 Å². The van der Waals surface area contributed by atoms with Gasteiger partial charge in [0.25, 0.3) is 5.89 Å². The van der Waals surface area contributed by atoms with Crippen molar-refractivity contribution in [2.45, 2.75) is 26.5 Å². The van der Waals surface area contributed by atoms with E-state index in [0.29, 0.717) is 23.6 Å². The summed E-state index contributed by atoms with van der Waals surface area (Å²) in [5, 5.41) is 8.51. The first-order valence-electron chi connectivity index (χ1n) is 9.24. The van der Waals surface area contributed by atoms with Crippen molar-refractivity contribution in [3.63, 3.8) is 0 Å². The molecule has 1 atom stereocenters. The summed E-state index contributed by atoms with van der Waals surface area (Å²) in [6.45, 7) is 3.80. The minimum atomic E-state index is -0.761. The Bertz CT molecular complexity index is 1160. The van der Waals surface area contributed by atoms with Crippen LogP contribution in [0.1, 0.15) is 40.5 Å². The molecule has 0 amide bonds. The summed E-state index contributed by atoms with van der Waals surface area (Å²) in [7, 11) is 0. The van der Waals surface area contributed by atoms with Crippen LogP contribution in [0.5, 0.6) is 0 Å². The number of hydrogen-bond acceptors (Lipinski definition) is 7. The molecule has 3 heterocycles. The van der Waals surface area contributed by atoms with Crippen LogP contribution in [0.2, 0.25) is 5.15 Å². The molecule has 0 bridgehead atoms. The molecule has 0 radical (unpaired) electrons. The molecule has 0 aliphatic heterocycles. The predicted molar refractivity (Wildman–Crippen MR) is 109 cm³/mol. The molecule has 0 N–H and O–H groups in total. The Morgan fingerprint density at radius 1 is 1.23 bits per heavy atom. The first-order chi connectivity index (χ1) is 14.5. The largest absolute Gasteiger partial charge is 0.449 e. The maximum atomic E-state index is 12.8. The van der Waals surface area contributed by atoms with Gasteiger partial charge in [0.2, 0.25) is 5.82 Å². The van der Waals surface area contributed by atoms with E-state index in [1.54, 1.807) is 37.0 Å². The van der Waals surface area contributed by atoms with Gasteiger partial charge in [-0.25, -0.2) is 9.48 Å². The molecule has 0 saturated heterocycles. The molecule has 0 aliphatic rings. The van der Waals surface area contributed by atoms with Gasteiger partial charge in [-0.1, -0.05) is 47.1 Å². The van der Waals surface area contributed by atoms with E-state index in [9.17, 15) is 4.79 Å². The van der Waals surface area contributed by atoms with Crippen molar-refractivity contribution in [1.82, 2.24) is 24.9 Å². The number of halogens is 1. The SMILES string of the molecule is Cc1nn(Cc2ccccc2)c(Cl)c1C(=O)OC(C)c1nc(-c2cccnc2)no1. The fourth-order valence-electron chi connectivity index (χ4n) is 2.93. The summed E-state index contributed by atoms with van der Waals surface area (Å²) in [5.74, 6) is -0.0658. The third kappa shape index (κ3) is 4.08. The number of aromatic nitrogens is 5. The molecule has 8 nitrogen and oxygen atoms in total. The van der Waals surface area contributed by atoms with Gasteiger partial charge in [0.05, 0.1) is 12.2 Å². The minimum absolute atomic E-state index is 0.174. The van der Waals surface area contributed by atoms with Gasteiger partial charge in [-0.15, -0.1) is 0 Å². The smallest absolute Gasteiger partial charge is 0.343 e. The summed E-state index contributed by atoms with van der Waals surface area (Å²) < 4.78 is 12.3. The zero-order chi connectivity index (χ0) is 21.1. The maximum absolute atomic E-state index is 12.8. The van der Waals surface area contributed by atoms with E-state index in [1.807, 2.05) is 36.4 Å². The number of aryl methyl sites for hydroxylation is 1. The highest BCUT2D eigenvalue weighted by molar-refractivity contribution is 6.32. The zero-order valence-corrected chi connectivity index (χ0v) is 17.1. The number of carbonyl (C=O) groups excluding carboxylic acids is 1. The van der Waals surface area contributed by atoms with Crippen LogP contribution in [0.15, 0.2) is 59.4 Å². The fourth-order valence-corrected chi connectivity index (χ4v) is 3.24. The van der Waals surface area contributed by atoms with Crippen LogP contribution in [-0.2, 0) is 11.3 Å². The predicted octanol–water partition coefficient (Wildman–Crippen LogP) is 4.26. The van der Waals surface area contributed by atoms with Crippen molar-refractivity contribution in [2.75, 3.05) is 0 Å². The average Bonchev–Trinajstić information content (AvgIpc) is 3.35. The number of carbonyl (C=O) groups is 1. The normalized spacial score (nSPS) is 12.0. The van der Waals surface area contributed by atoms with Crippen LogP contribution in [0, 0.1) is 6.92 Å². The van der Waals surface area contributed by atoms with Gasteiger partial charge >= 0.3 is 5.97 Å². The summed E-state index contributed by atoms with van der Waals surface area (Å²) in [5.41, 5.74) is 2.41. The molecule has 0 aliphatic carbocycles. The highest BCUT2D eigenvalue weighted by atomic mass is 35.5. The molecule has 0 fully saturated rings. The number of ether oxygens (including phenoxy) is 1. The molecule has 0 spiro atoms. The van der Waals surface area contributed by atoms with Gasteiger partial charge in [0, 0.05) is 18.0 Å². The van der Waals surface area contributed by atoms with Crippen molar-refractivity contribution in [3.8, 4) is 11.4 Å². The summed E-state index contributed by atoms with van der Waals surface area (Å²) in [6.07, 6.45) is 2.51.